The number of hydrogen-bond donors (Lipinski definition) is 2. The average Bonchev–Trinajstić information content (AvgIpc) is 3.24. The number of urea groups is 1. The molecule has 0 unspecified atom stereocenters. The maximum atomic E-state index is 16.0. The monoisotopic (exact) mass is 700 g/mol. The zero-order valence-electron chi connectivity index (χ0n) is 29.3. The highest BCUT2D eigenvalue weighted by atomic mass is 16.3. The van der Waals surface area contributed by atoms with E-state index in [1.165, 1.54) is 4.90 Å². The molecule has 0 aliphatic rings. The van der Waals surface area contributed by atoms with Gasteiger partial charge in [0.05, 0.1) is 22.7 Å². The van der Waals surface area contributed by atoms with Crippen molar-refractivity contribution in [3.8, 4) is 56.0 Å². The first-order valence-electron chi connectivity index (χ1n) is 17.8. The van der Waals surface area contributed by atoms with Crippen LogP contribution in [0.1, 0.15) is 0 Å². The fourth-order valence-electron chi connectivity index (χ4n) is 6.96. The number of anilines is 4. The van der Waals surface area contributed by atoms with Crippen molar-refractivity contribution in [1.29, 1.82) is 0 Å². The summed E-state index contributed by atoms with van der Waals surface area (Å²) < 4.78 is 0. The van der Waals surface area contributed by atoms with Gasteiger partial charge in [0.2, 0.25) is 0 Å². The summed E-state index contributed by atoms with van der Waals surface area (Å²) in [7, 11) is 0. The fraction of sp³-hybridized carbons (Fsp3) is 0. The Kier molecular flexibility index (Phi) is 9.43. The van der Waals surface area contributed by atoms with E-state index in [0.29, 0.717) is 22.5 Å². The van der Waals surface area contributed by atoms with Gasteiger partial charge in [0.25, 0.3) is 0 Å². The van der Waals surface area contributed by atoms with Crippen molar-refractivity contribution < 1.29 is 15.0 Å². The highest BCUT2D eigenvalue weighted by Gasteiger charge is 2.34. The van der Waals surface area contributed by atoms with Crippen LogP contribution in [0.3, 0.4) is 0 Å². The standard InChI is InChI=1S/C49H36N2O3/c52-47-41(37-23-9-3-10-24-37)29-17-33-45(47)51(46-34-18-30-42(48(46)53)38-25-11-4-12-26-38)49(54)50(43-31-15-13-27-39(43)35-19-5-1-6-20-35)44-32-16-14-28-40(44)36-21-7-2-8-22-36/h1-34,52-53H. The van der Waals surface area contributed by atoms with Crippen molar-refractivity contribution in [1.82, 2.24) is 0 Å². The Bertz CT molecular complexity index is 2370. The van der Waals surface area contributed by atoms with E-state index in [2.05, 4.69) is 0 Å². The van der Waals surface area contributed by atoms with Crippen molar-refractivity contribution in [3.63, 3.8) is 0 Å². The van der Waals surface area contributed by atoms with E-state index >= 15 is 4.79 Å². The number of hydrogen-bond acceptors (Lipinski definition) is 3. The van der Waals surface area contributed by atoms with Gasteiger partial charge in [-0.05, 0) is 46.5 Å². The summed E-state index contributed by atoms with van der Waals surface area (Å²) in [5.74, 6) is -0.205. The molecule has 8 aromatic carbocycles. The molecule has 0 aromatic heterocycles. The van der Waals surface area contributed by atoms with Crippen molar-refractivity contribution in [2.24, 2.45) is 0 Å². The Morgan fingerprint density at radius 3 is 0.926 bits per heavy atom. The van der Waals surface area contributed by atoms with Crippen LogP contribution in [-0.4, -0.2) is 16.2 Å². The number of phenols is 2. The van der Waals surface area contributed by atoms with Crippen LogP contribution in [0.5, 0.6) is 11.5 Å². The van der Waals surface area contributed by atoms with Gasteiger partial charge in [-0.25, -0.2) is 4.79 Å². The molecule has 0 fully saturated rings. The topological polar surface area (TPSA) is 64.0 Å². The molecule has 8 aromatic rings. The first-order valence-corrected chi connectivity index (χ1v) is 17.8. The molecule has 0 saturated carbocycles. The van der Waals surface area contributed by atoms with Gasteiger partial charge in [-0.3, -0.25) is 9.80 Å². The van der Waals surface area contributed by atoms with E-state index in [9.17, 15) is 10.2 Å². The van der Waals surface area contributed by atoms with Crippen molar-refractivity contribution in [2.75, 3.05) is 9.80 Å². The molecule has 0 spiro atoms. The summed E-state index contributed by atoms with van der Waals surface area (Å²) >= 11 is 0. The first-order chi connectivity index (χ1) is 26.6. The number of aromatic hydroxyl groups is 2. The Labute approximate surface area is 314 Å². The summed E-state index contributed by atoms with van der Waals surface area (Å²) in [6.07, 6.45) is 0. The van der Waals surface area contributed by atoms with Gasteiger partial charge in [0, 0.05) is 22.3 Å². The molecule has 8 rings (SSSR count). The van der Waals surface area contributed by atoms with Gasteiger partial charge < -0.3 is 10.2 Å². The predicted molar refractivity (Wildman–Crippen MR) is 221 cm³/mol. The van der Waals surface area contributed by atoms with Gasteiger partial charge in [-0.1, -0.05) is 182 Å². The summed E-state index contributed by atoms with van der Waals surface area (Å²) in [6, 6.07) is 64.8. The number of carbonyl (C=O) groups excluding carboxylic acids is 1. The van der Waals surface area contributed by atoms with Crippen molar-refractivity contribution >= 4 is 28.8 Å². The molecule has 260 valence electrons. The molecular formula is C49H36N2O3. The van der Waals surface area contributed by atoms with Crippen molar-refractivity contribution in [2.45, 2.75) is 0 Å². The molecule has 2 N–H and O–H groups in total. The molecule has 2 amide bonds. The van der Waals surface area contributed by atoms with Gasteiger partial charge in [0.1, 0.15) is 11.5 Å². The minimum Gasteiger partial charge on any atom is -0.505 e. The largest absolute Gasteiger partial charge is 0.505 e. The Morgan fingerprint density at radius 2 is 0.556 bits per heavy atom. The predicted octanol–water partition coefficient (Wildman–Crippen LogP) is 12.9. The van der Waals surface area contributed by atoms with Crippen LogP contribution in [0, 0.1) is 0 Å². The van der Waals surface area contributed by atoms with E-state index in [4.69, 9.17) is 0 Å². The smallest absolute Gasteiger partial charge is 0.338 e. The Balaban J connectivity index is 1.42. The molecule has 0 aliphatic heterocycles. The summed E-state index contributed by atoms with van der Waals surface area (Å²) in [4.78, 5) is 19.2. The van der Waals surface area contributed by atoms with Crippen LogP contribution in [0.4, 0.5) is 27.5 Å². The molecule has 0 saturated heterocycles. The maximum absolute atomic E-state index is 16.0. The zero-order chi connectivity index (χ0) is 36.9. The van der Waals surface area contributed by atoms with Crippen LogP contribution < -0.4 is 9.80 Å². The van der Waals surface area contributed by atoms with Crippen molar-refractivity contribution in [3.05, 3.63) is 206 Å². The molecular weight excluding hydrogens is 665 g/mol. The lowest BCUT2D eigenvalue weighted by molar-refractivity contribution is 0.255. The molecule has 0 bridgehead atoms. The lowest BCUT2D eigenvalue weighted by Gasteiger charge is -2.34. The zero-order valence-corrected chi connectivity index (χ0v) is 29.3. The number of phenolic OH excluding ortho intramolecular Hbond substituents is 2. The lowest BCUT2D eigenvalue weighted by Crippen LogP contribution is -2.39. The molecule has 5 nitrogen and oxygen atoms in total. The second kappa shape index (κ2) is 15.1. The maximum Gasteiger partial charge on any atom is 0.338 e. The number of nitrogens with zero attached hydrogens (tertiary/aromatic N) is 2. The molecule has 0 aliphatic carbocycles. The van der Waals surface area contributed by atoms with Crippen LogP contribution in [0.2, 0.25) is 0 Å². The van der Waals surface area contributed by atoms with Crippen LogP contribution in [0.25, 0.3) is 44.5 Å². The van der Waals surface area contributed by atoms with Gasteiger partial charge in [0.15, 0.2) is 0 Å². The second-order valence-corrected chi connectivity index (χ2v) is 12.8. The number of carbonyl (C=O) groups is 1. The SMILES string of the molecule is O=C(N(c1ccccc1-c1ccccc1)c1ccccc1-c1ccccc1)N(c1cccc(-c2ccccc2)c1O)c1cccc(-c2ccccc2)c1O. The highest BCUT2D eigenvalue weighted by molar-refractivity contribution is 6.17. The highest BCUT2D eigenvalue weighted by Crippen LogP contribution is 2.48. The van der Waals surface area contributed by atoms with Gasteiger partial charge in [-0.2, -0.15) is 0 Å². The summed E-state index contributed by atoms with van der Waals surface area (Å²) in [6.45, 7) is 0. The number of amides is 2. The lowest BCUT2D eigenvalue weighted by atomic mass is 9.99. The third-order valence-corrected chi connectivity index (χ3v) is 9.52. The van der Waals surface area contributed by atoms with Crippen LogP contribution >= 0.6 is 0 Å². The third kappa shape index (κ3) is 6.47. The number of para-hydroxylation sites is 4. The molecule has 0 radical (unpaired) electrons. The Morgan fingerprint density at radius 1 is 0.296 bits per heavy atom. The van der Waals surface area contributed by atoms with Crippen LogP contribution in [-0.2, 0) is 0 Å². The minimum atomic E-state index is -0.511. The quantitative estimate of drug-likeness (QED) is 0.166. The summed E-state index contributed by atoms with van der Waals surface area (Å²) in [5.41, 5.74) is 7.85. The first kappa shape index (κ1) is 33.8. The van der Waals surface area contributed by atoms with Gasteiger partial charge in [-0.15, -0.1) is 0 Å². The van der Waals surface area contributed by atoms with E-state index in [1.807, 2.05) is 194 Å². The molecule has 54 heavy (non-hydrogen) atoms. The fourth-order valence-corrected chi connectivity index (χ4v) is 6.96. The minimum absolute atomic E-state index is 0.103. The average molecular weight is 701 g/mol. The van der Waals surface area contributed by atoms with E-state index in [-0.39, 0.29) is 22.9 Å². The summed E-state index contributed by atoms with van der Waals surface area (Å²) in [5, 5.41) is 24.4. The van der Waals surface area contributed by atoms with E-state index in [1.54, 1.807) is 17.0 Å². The normalized spacial score (nSPS) is 10.8. The number of benzene rings is 8. The molecule has 0 heterocycles. The van der Waals surface area contributed by atoms with Gasteiger partial charge >= 0.3 is 6.03 Å². The third-order valence-electron chi connectivity index (χ3n) is 9.52. The van der Waals surface area contributed by atoms with E-state index < -0.39 is 6.03 Å². The second-order valence-electron chi connectivity index (χ2n) is 12.8. The molecule has 0 atom stereocenters. The van der Waals surface area contributed by atoms with Crippen LogP contribution in [0.15, 0.2) is 206 Å². The van der Waals surface area contributed by atoms with E-state index in [0.717, 1.165) is 33.4 Å². The number of rotatable bonds is 8. The molecule has 5 heteroatoms. The Hall–Kier alpha value is -7.37.